The minimum Gasteiger partial charge on any atom is -0.422 e. The molecule has 0 unspecified atom stereocenters. The number of hydrogen-bond acceptors (Lipinski definition) is 5. The van der Waals surface area contributed by atoms with Crippen LogP contribution in [-0.4, -0.2) is 17.8 Å². The quantitative estimate of drug-likeness (QED) is 0.320. The second kappa shape index (κ2) is 8.24. The van der Waals surface area contributed by atoms with Gasteiger partial charge in [0.1, 0.15) is 5.75 Å². The summed E-state index contributed by atoms with van der Waals surface area (Å²) in [6, 6.07) is 23.1. The molecule has 3 aromatic rings. The van der Waals surface area contributed by atoms with Crippen molar-refractivity contribution in [3.05, 3.63) is 106 Å². The standard InChI is InChI=1S/C23H14BrNO4/c24-18-12-6-5-11-17(18)22(26)28-20-13-7-4-10-16(20)14-19-23(27)29-21(25-19)15-8-2-1-3-9-15/h1-14H/b19-14-. The van der Waals surface area contributed by atoms with Gasteiger partial charge in [-0.05, 0) is 52.3 Å². The van der Waals surface area contributed by atoms with Crippen LogP contribution in [0, 0.1) is 0 Å². The molecule has 0 aliphatic carbocycles. The first-order chi connectivity index (χ1) is 14.1. The van der Waals surface area contributed by atoms with Crippen LogP contribution in [0.15, 0.2) is 94.0 Å². The largest absolute Gasteiger partial charge is 0.422 e. The average Bonchev–Trinajstić information content (AvgIpc) is 3.11. The second-order valence-electron chi connectivity index (χ2n) is 6.11. The zero-order valence-corrected chi connectivity index (χ0v) is 16.6. The van der Waals surface area contributed by atoms with Crippen LogP contribution in [0.1, 0.15) is 21.5 Å². The third kappa shape index (κ3) is 4.17. The molecule has 0 saturated carbocycles. The molecule has 0 atom stereocenters. The normalized spacial score (nSPS) is 14.4. The van der Waals surface area contributed by atoms with E-state index in [1.165, 1.54) is 0 Å². The summed E-state index contributed by atoms with van der Waals surface area (Å²) in [5, 5.41) is 0. The van der Waals surface area contributed by atoms with Crippen molar-refractivity contribution in [1.82, 2.24) is 0 Å². The van der Waals surface area contributed by atoms with Gasteiger partial charge in [0.05, 0.1) is 5.56 Å². The summed E-state index contributed by atoms with van der Waals surface area (Å²) in [6.07, 6.45) is 1.54. The summed E-state index contributed by atoms with van der Waals surface area (Å²) in [7, 11) is 0. The SMILES string of the molecule is O=C1OC(c2ccccc2)=N/C1=C\c1ccccc1OC(=O)c1ccccc1Br. The van der Waals surface area contributed by atoms with Gasteiger partial charge in [-0.2, -0.15) is 0 Å². The molecule has 3 aromatic carbocycles. The summed E-state index contributed by atoms with van der Waals surface area (Å²) in [5.74, 6) is -0.511. The Kier molecular flexibility index (Phi) is 5.35. The van der Waals surface area contributed by atoms with Gasteiger partial charge in [-0.3, -0.25) is 0 Å². The topological polar surface area (TPSA) is 65.0 Å². The number of rotatable bonds is 4. The van der Waals surface area contributed by atoms with Crippen molar-refractivity contribution >= 4 is 39.8 Å². The number of esters is 2. The number of halogens is 1. The molecule has 0 amide bonds. The van der Waals surface area contributed by atoms with Gasteiger partial charge in [-0.15, -0.1) is 0 Å². The maximum Gasteiger partial charge on any atom is 0.363 e. The molecule has 29 heavy (non-hydrogen) atoms. The Morgan fingerprint density at radius 2 is 1.62 bits per heavy atom. The third-order valence-corrected chi connectivity index (χ3v) is 4.84. The molecule has 1 aliphatic rings. The van der Waals surface area contributed by atoms with Crippen LogP contribution in [0.4, 0.5) is 0 Å². The average molecular weight is 448 g/mol. The fraction of sp³-hybridized carbons (Fsp3) is 0. The molecule has 0 saturated heterocycles. The molecular weight excluding hydrogens is 434 g/mol. The van der Waals surface area contributed by atoms with E-state index in [4.69, 9.17) is 9.47 Å². The van der Waals surface area contributed by atoms with Gasteiger partial charge in [-0.25, -0.2) is 14.6 Å². The number of aliphatic imine (C=N–C) groups is 1. The number of nitrogens with zero attached hydrogens (tertiary/aromatic N) is 1. The van der Waals surface area contributed by atoms with Crippen molar-refractivity contribution in [2.45, 2.75) is 0 Å². The molecule has 6 heteroatoms. The van der Waals surface area contributed by atoms with Gasteiger partial charge < -0.3 is 9.47 Å². The predicted octanol–water partition coefficient (Wildman–Crippen LogP) is 5.01. The van der Waals surface area contributed by atoms with Crippen LogP contribution in [0.2, 0.25) is 0 Å². The van der Waals surface area contributed by atoms with Gasteiger partial charge in [0, 0.05) is 15.6 Å². The Labute approximate surface area is 175 Å². The highest BCUT2D eigenvalue weighted by atomic mass is 79.9. The number of cyclic esters (lactones) is 1. The molecular formula is C23H14BrNO4. The van der Waals surface area contributed by atoms with Crippen LogP contribution >= 0.6 is 15.9 Å². The lowest BCUT2D eigenvalue weighted by molar-refractivity contribution is -0.129. The molecule has 0 N–H and O–H groups in total. The Bertz CT molecular complexity index is 1150. The van der Waals surface area contributed by atoms with Gasteiger partial charge in [0.15, 0.2) is 5.70 Å². The van der Waals surface area contributed by atoms with Crippen molar-refractivity contribution in [3.8, 4) is 5.75 Å². The van der Waals surface area contributed by atoms with E-state index < -0.39 is 11.9 Å². The van der Waals surface area contributed by atoms with Gasteiger partial charge in [-0.1, -0.05) is 48.5 Å². The monoisotopic (exact) mass is 447 g/mol. The van der Waals surface area contributed by atoms with Gasteiger partial charge >= 0.3 is 11.9 Å². The van der Waals surface area contributed by atoms with Crippen LogP contribution in [-0.2, 0) is 9.53 Å². The summed E-state index contributed by atoms with van der Waals surface area (Å²) in [4.78, 5) is 29.1. The maximum absolute atomic E-state index is 12.5. The van der Waals surface area contributed by atoms with Crippen LogP contribution < -0.4 is 4.74 Å². The molecule has 0 fully saturated rings. The molecule has 1 heterocycles. The van der Waals surface area contributed by atoms with Crippen molar-refractivity contribution in [1.29, 1.82) is 0 Å². The zero-order valence-electron chi connectivity index (χ0n) is 15.0. The smallest absolute Gasteiger partial charge is 0.363 e. The number of benzene rings is 3. The highest BCUT2D eigenvalue weighted by molar-refractivity contribution is 9.10. The van der Waals surface area contributed by atoms with E-state index in [1.54, 1.807) is 48.5 Å². The minimum absolute atomic E-state index is 0.133. The van der Waals surface area contributed by atoms with E-state index in [0.717, 1.165) is 0 Å². The van der Waals surface area contributed by atoms with E-state index >= 15 is 0 Å². The first-order valence-corrected chi connectivity index (χ1v) is 9.55. The summed E-state index contributed by atoms with van der Waals surface area (Å²) >= 11 is 3.34. The third-order valence-electron chi connectivity index (χ3n) is 4.15. The highest BCUT2D eigenvalue weighted by Crippen LogP contribution is 2.26. The molecule has 0 aromatic heterocycles. The summed E-state index contributed by atoms with van der Waals surface area (Å²) < 4.78 is 11.5. The van der Waals surface area contributed by atoms with Gasteiger partial charge in [0.2, 0.25) is 5.90 Å². The lowest BCUT2D eigenvalue weighted by Crippen LogP contribution is -2.10. The van der Waals surface area contributed by atoms with Crippen molar-refractivity contribution in [3.63, 3.8) is 0 Å². The number of para-hydroxylation sites is 1. The molecule has 1 aliphatic heterocycles. The fourth-order valence-corrected chi connectivity index (χ4v) is 3.18. The molecule has 4 rings (SSSR count). The van der Waals surface area contributed by atoms with E-state index in [-0.39, 0.29) is 11.6 Å². The number of ether oxygens (including phenoxy) is 2. The summed E-state index contributed by atoms with van der Waals surface area (Å²) in [6.45, 7) is 0. The second-order valence-corrected chi connectivity index (χ2v) is 6.96. The van der Waals surface area contributed by atoms with Crippen LogP contribution in [0.25, 0.3) is 6.08 Å². The molecule has 142 valence electrons. The van der Waals surface area contributed by atoms with E-state index in [9.17, 15) is 9.59 Å². The molecule has 0 radical (unpaired) electrons. The van der Waals surface area contributed by atoms with Crippen molar-refractivity contribution < 1.29 is 19.1 Å². The van der Waals surface area contributed by atoms with Crippen LogP contribution in [0.3, 0.4) is 0 Å². The van der Waals surface area contributed by atoms with E-state index in [2.05, 4.69) is 20.9 Å². The Morgan fingerprint density at radius 1 is 0.931 bits per heavy atom. The first kappa shape index (κ1) is 18.8. The molecule has 5 nitrogen and oxygen atoms in total. The fourth-order valence-electron chi connectivity index (χ4n) is 2.73. The van der Waals surface area contributed by atoms with Crippen molar-refractivity contribution in [2.24, 2.45) is 4.99 Å². The van der Waals surface area contributed by atoms with Gasteiger partial charge in [0.25, 0.3) is 0 Å². The molecule has 0 spiro atoms. The van der Waals surface area contributed by atoms with E-state index in [1.807, 2.05) is 36.4 Å². The predicted molar refractivity (Wildman–Crippen MR) is 113 cm³/mol. The lowest BCUT2D eigenvalue weighted by Gasteiger charge is -2.08. The number of carbonyl (C=O) groups excluding carboxylic acids is 2. The number of hydrogen-bond donors (Lipinski definition) is 0. The zero-order chi connectivity index (χ0) is 20.2. The van der Waals surface area contributed by atoms with Crippen LogP contribution in [0.5, 0.6) is 5.75 Å². The number of carbonyl (C=O) groups is 2. The first-order valence-electron chi connectivity index (χ1n) is 8.75. The Morgan fingerprint density at radius 3 is 2.41 bits per heavy atom. The lowest BCUT2D eigenvalue weighted by atomic mass is 10.1. The Hall–Kier alpha value is -3.51. The minimum atomic E-state index is -0.559. The maximum atomic E-state index is 12.5. The Balaban J connectivity index is 1.63. The molecule has 0 bridgehead atoms. The van der Waals surface area contributed by atoms with Crippen molar-refractivity contribution in [2.75, 3.05) is 0 Å². The summed E-state index contributed by atoms with van der Waals surface area (Å²) in [5.41, 5.74) is 1.78. The highest BCUT2D eigenvalue weighted by Gasteiger charge is 2.24. The van der Waals surface area contributed by atoms with E-state index in [0.29, 0.717) is 26.9 Å².